The van der Waals surface area contributed by atoms with Crippen molar-refractivity contribution in [3.8, 4) is 0 Å². The Balaban J connectivity index is 1.72. The fourth-order valence-corrected chi connectivity index (χ4v) is 3.06. The Kier molecular flexibility index (Phi) is 8.15. The highest BCUT2D eigenvalue weighted by Crippen LogP contribution is 2.06. The van der Waals surface area contributed by atoms with Gasteiger partial charge in [0.25, 0.3) is 11.1 Å². The minimum absolute atomic E-state index is 0.00288. The maximum Gasteiger partial charge on any atom is 0.328 e. The molecule has 0 aliphatic rings. The summed E-state index contributed by atoms with van der Waals surface area (Å²) >= 11 is 0. The molecule has 8 heteroatoms. The third-order valence-electron chi connectivity index (χ3n) is 4.78. The number of allylic oxidation sites excluding steroid dienone is 4. The van der Waals surface area contributed by atoms with E-state index in [2.05, 4.69) is 9.97 Å². The van der Waals surface area contributed by atoms with Gasteiger partial charge < -0.3 is 26.2 Å². The lowest BCUT2D eigenvalue weighted by molar-refractivity contribution is -0.140. The molecule has 0 fully saturated rings. The number of esters is 1. The molecule has 6 N–H and O–H groups in total. The summed E-state index contributed by atoms with van der Waals surface area (Å²) in [6, 6.07) is 17.7. The predicted molar refractivity (Wildman–Crippen MR) is 132 cm³/mol. The first-order valence-corrected chi connectivity index (χ1v) is 10.6. The molecule has 34 heavy (non-hydrogen) atoms. The van der Waals surface area contributed by atoms with E-state index >= 15 is 0 Å². The number of carbonyl (C=O) groups is 1. The number of H-pyrrole nitrogens is 2. The normalized spacial score (nSPS) is 14.2. The Morgan fingerprint density at radius 1 is 0.941 bits per heavy atom. The maximum atomic E-state index is 12.4. The van der Waals surface area contributed by atoms with E-state index in [1.165, 1.54) is 18.2 Å². The van der Waals surface area contributed by atoms with Gasteiger partial charge in [0.05, 0.1) is 0 Å². The lowest BCUT2D eigenvalue weighted by Crippen LogP contribution is -2.47. The van der Waals surface area contributed by atoms with Crippen molar-refractivity contribution in [1.82, 2.24) is 9.97 Å². The highest BCUT2D eigenvalue weighted by molar-refractivity contribution is 5.76. The summed E-state index contributed by atoms with van der Waals surface area (Å²) in [5.41, 5.74) is 12.8. The Bertz CT molecular complexity index is 1440. The van der Waals surface area contributed by atoms with Gasteiger partial charge in [0.15, 0.2) is 0 Å². The lowest BCUT2D eigenvalue weighted by Gasteiger charge is -2.11. The second kappa shape index (κ2) is 11.4. The van der Waals surface area contributed by atoms with Gasteiger partial charge >= 0.3 is 5.97 Å². The molecule has 3 rings (SSSR count). The van der Waals surface area contributed by atoms with Gasteiger partial charge in [-0.1, -0.05) is 60.7 Å². The number of aromatic nitrogens is 2. The topological polar surface area (TPSA) is 144 Å². The molecule has 1 heterocycles. The highest BCUT2D eigenvalue weighted by atomic mass is 16.5. The molecule has 0 amide bonds. The lowest BCUT2D eigenvalue weighted by atomic mass is 10.1. The molecule has 1 unspecified atom stereocenters. The van der Waals surface area contributed by atoms with Crippen LogP contribution in [0.4, 0.5) is 0 Å². The van der Waals surface area contributed by atoms with Crippen molar-refractivity contribution in [2.45, 2.75) is 19.4 Å². The number of aromatic amines is 2. The fraction of sp³-hybridized carbons (Fsp3) is 0.115. The number of nitrogens with two attached hydrogens (primary N) is 2. The van der Waals surface area contributed by atoms with Crippen molar-refractivity contribution in [2.24, 2.45) is 11.5 Å². The molecule has 3 aromatic rings. The van der Waals surface area contributed by atoms with E-state index in [0.717, 1.165) is 11.1 Å². The summed E-state index contributed by atoms with van der Waals surface area (Å²) in [6.45, 7) is 1.58. The molecule has 0 spiro atoms. The maximum absolute atomic E-state index is 12.4. The zero-order valence-corrected chi connectivity index (χ0v) is 18.7. The molecule has 0 saturated heterocycles. The second-order valence-corrected chi connectivity index (χ2v) is 7.60. The van der Waals surface area contributed by atoms with E-state index in [-0.39, 0.29) is 22.2 Å². The summed E-state index contributed by atoms with van der Waals surface area (Å²) in [7, 11) is 0. The Morgan fingerprint density at radius 2 is 1.53 bits per heavy atom. The number of benzene rings is 2. The van der Waals surface area contributed by atoms with Crippen LogP contribution in [0.15, 0.2) is 93.9 Å². The summed E-state index contributed by atoms with van der Waals surface area (Å²) < 4.78 is 5.25. The third kappa shape index (κ3) is 7.04. The monoisotopic (exact) mass is 458 g/mol. The van der Waals surface area contributed by atoms with Gasteiger partial charge in [-0.25, -0.2) is 4.79 Å². The van der Waals surface area contributed by atoms with Crippen molar-refractivity contribution in [3.05, 3.63) is 127 Å². The van der Waals surface area contributed by atoms with Crippen LogP contribution in [0.1, 0.15) is 18.1 Å². The van der Waals surface area contributed by atoms with Crippen LogP contribution < -0.4 is 33.3 Å². The Hall–Kier alpha value is -4.43. The molecule has 0 aliphatic carbocycles. The summed E-state index contributed by atoms with van der Waals surface area (Å²) in [5, 5.41) is 0.127. The molecule has 174 valence electrons. The largest absolute Gasteiger partial charge is 0.430 e. The first-order chi connectivity index (χ1) is 16.3. The Labute approximate surface area is 195 Å². The first-order valence-electron chi connectivity index (χ1n) is 10.6. The average molecular weight is 459 g/mol. The molecule has 2 aromatic carbocycles. The van der Waals surface area contributed by atoms with Gasteiger partial charge in [-0.05, 0) is 48.8 Å². The molecule has 8 nitrogen and oxygen atoms in total. The van der Waals surface area contributed by atoms with Gasteiger partial charge in [0.2, 0.25) is 0 Å². The predicted octanol–water partition coefficient (Wildman–Crippen LogP) is 0.532. The van der Waals surface area contributed by atoms with Crippen LogP contribution in [0, 0.1) is 0 Å². The Morgan fingerprint density at radius 3 is 2.21 bits per heavy atom. The smallest absolute Gasteiger partial charge is 0.328 e. The third-order valence-corrected chi connectivity index (χ3v) is 4.78. The molecular formula is C26H26N4O4. The van der Waals surface area contributed by atoms with Gasteiger partial charge in [0.1, 0.15) is 22.5 Å². The average Bonchev–Trinajstić information content (AvgIpc) is 2.82. The van der Waals surface area contributed by atoms with Crippen LogP contribution in [0.3, 0.4) is 0 Å². The summed E-state index contributed by atoms with van der Waals surface area (Å²) in [4.78, 5) is 42.0. The van der Waals surface area contributed by atoms with Crippen molar-refractivity contribution < 1.29 is 9.53 Å². The molecule has 0 bridgehead atoms. The quantitative estimate of drug-likeness (QED) is 0.231. The molecule has 0 saturated carbocycles. The van der Waals surface area contributed by atoms with Gasteiger partial charge in [-0.15, -0.1) is 0 Å². The zero-order chi connectivity index (χ0) is 24.5. The number of hydrogen-bond donors (Lipinski definition) is 4. The standard InChI is InChI=1S/C26H26N4O4/c1-17(34-26(33)21(28)14-18-8-4-2-5-9-18)12-13-20(27)16-23-25(32)29-22(24(31)30-23)15-19-10-6-3-7-11-19/h2-13,15-16,21H,14,27-28H2,1H3,(H,29,32)(H,30,31)/b17-12+,20-13-,22-15-,23-16-. The number of nitrogens with one attached hydrogen (secondary N) is 2. The van der Waals surface area contributed by atoms with E-state index < -0.39 is 23.1 Å². The van der Waals surface area contributed by atoms with E-state index in [1.807, 2.05) is 60.7 Å². The number of rotatable bonds is 7. The number of hydrogen-bond acceptors (Lipinski definition) is 6. The zero-order valence-electron chi connectivity index (χ0n) is 18.7. The molecule has 1 aromatic heterocycles. The fourth-order valence-electron chi connectivity index (χ4n) is 3.06. The van der Waals surface area contributed by atoms with Crippen molar-refractivity contribution in [3.63, 3.8) is 0 Å². The van der Waals surface area contributed by atoms with Crippen LogP contribution in [-0.4, -0.2) is 22.0 Å². The van der Waals surface area contributed by atoms with E-state index in [1.54, 1.807) is 13.0 Å². The SMILES string of the molecule is C\C(=C/C=C(N)/C=c1\[nH]c(=O)/c(=C/c2ccccc2)[nH]c1=O)OC(=O)C(N)Cc1ccccc1. The molecule has 1 atom stereocenters. The van der Waals surface area contributed by atoms with Gasteiger partial charge in [-0.3, -0.25) is 9.59 Å². The van der Waals surface area contributed by atoms with E-state index in [4.69, 9.17) is 16.2 Å². The molecule has 0 radical (unpaired) electrons. The van der Waals surface area contributed by atoms with Crippen LogP contribution in [0.2, 0.25) is 0 Å². The van der Waals surface area contributed by atoms with Gasteiger partial charge in [0, 0.05) is 5.70 Å². The number of carbonyl (C=O) groups excluding carboxylic acids is 1. The number of ether oxygens (including phenoxy) is 1. The van der Waals surface area contributed by atoms with Crippen LogP contribution in [-0.2, 0) is 16.0 Å². The summed E-state index contributed by atoms with van der Waals surface area (Å²) in [5.74, 6) is -0.292. The highest BCUT2D eigenvalue weighted by Gasteiger charge is 2.16. The first kappa shape index (κ1) is 24.2. The van der Waals surface area contributed by atoms with Crippen molar-refractivity contribution in [1.29, 1.82) is 0 Å². The van der Waals surface area contributed by atoms with E-state index in [0.29, 0.717) is 6.42 Å². The second-order valence-electron chi connectivity index (χ2n) is 7.60. The van der Waals surface area contributed by atoms with Crippen LogP contribution >= 0.6 is 0 Å². The van der Waals surface area contributed by atoms with E-state index in [9.17, 15) is 14.4 Å². The van der Waals surface area contributed by atoms with Crippen LogP contribution in [0.5, 0.6) is 0 Å². The van der Waals surface area contributed by atoms with Crippen molar-refractivity contribution in [2.75, 3.05) is 0 Å². The van der Waals surface area contributed by atoms with Crippen molar-refractivity contribution >= 4 is 18.1 Å². The summed E-state index contributed by atoms with van der Waals surface area (Å²) in [6.07, 6.45) is 6.17. The minimum atomic E-state index is -0.812. The van der Waals surface area contributed by atoms with Gasteiger partial charge in [-0.2, -0.15) is 0 Å². The minimum Gasteiger partial charge on any atom is -0.430 e. The van der Waals surface area contributed by atoms with Crippen LogP contribution in [0.25, 0.3) is 12.2 Å². The molecular weight excluding hydrogens is 432 g/mol. The molecule has 0 aliphatic heterocycles.